The number of ether oxygens (including phenoxy) is 1. The predicted octanol–water partition coefficient (Wildman–Crippen LogP) is 4.70. The van der Waals surface area contributed by atoms with Gasteiger partial charge in [-0.25, -0.2) is 0 Å². The Bertz CT molecular complexity index is 979. The van der Waals surface area contributed by atoms with Crippen molar-refractivity contribution in [2.45, 2.75) is 26.8 Å². The fourth-order valence-corrected chi connectivity index (χ4v) is 2.76. The molecule has 0 fully saturated rings. The van der Waals surface area contributed by atoms with Crippen molar-refractivity contribution in [2.24, 2.45) is 0 Å². The molecular weight excluding hydrogens is 371 g/mol. The summed E-state index contributed by atoms with van der Waals surface area (Å²) in [6.45, 7) is 4.41. The number of aryl methyl sites for hydroxylation is 2. The number of benzene rings is 2. The molecule has 8 heteroatoms. The van der Waals surface area contributed by atoms with Crippen LogP contribution >= 0.6 is 0 Å². The van der Waals surface area contributed by atoms with Gasteiger partial charge < -0.3 is 10.1 Å². The molecule has 0 radical (unpaired) electrons. The molecule has 0 aliphatic heterocycles. The molecule has 0 aliphatic carbocycles. The first-order chi connectivity index (χ1) is 13.2. The van der Waals surface area contributed by atoms with E-state index in [1.54, 1.807) is 18.2 Å². The molecule has 3 rings (SSSR count). The van der Waals surface area contributed by atoms with E-state index < -0.39 is 6.36 Å². The topological polar surface area (TPSA) is 56.2 Å². The molecule has 0 atom stereocenters. The van der Waals surface area contributed by atoms with E-state index in [2.05, 4.69) is 15.2 Å². The first-order valence-corrected chi connectivity index (χ1v) is 8.47. The molecule has 1 N–H and O–H groups in total. The van der Waals surface area contributed by atoms with Crippen LogP contribution in [0.2, 0.25) is 0 Å². The lowest BCUT2D eigenvalue weighted by molar-refractivity contribution is -0.274. The van der Waals surface area contributed by atoms with Gasteiger partial charge in [-0.05, 0) is 61.9 Å². The highest BCUT2D eigenvalue weighted by atomic mass is 19.4. The van der Waals surface area contributed by atoms with Gasteiger partial charge in [-0.1, -0.05) is 12.1 Å². The quantitative estimate of drug-likeness (QED) is 0.688. The van der Waals surface area contributed by atoms with Crippen LogP contribution in [0.1, 0.15) is 27.3 Å². The Hall–Kier alpha value is -3.29. The van der Waals surface area contributed by atoms with Crippen LogP contribution in [-0.4, -0.2) is 22.1 Å². The van der Waals surface area contributed by atoms with Crippen molar-refractivity contribution in [1.29, 1.82) is 0 Å². The normalized spacial score (nSPS) is 11.3. The molecule has 0 saturated heterocycles. The van der Waals surface area contributed by atoms with Crippen LogP contribution in [0, 0.1) is 13.8 Å². The van der Waals surface area contributed by atoms with E-state index in [0.29, 0.717) is 17.8 Å². The Labute approximate surface area is 159 Å². The van der Waals surface area contributed by atoms with Gasteiger partial charge in [-0.3, -0.25) is 9.48 Å². The van der Waals surface area contributed by atoms with Crippen molar-refractivity contribution in [3.63, 3.8) is 0 Å². The number of halogens is 3. The largest absolute Gasteiger partial charge is 0.573 e. The minimum absolute atomic E-state index is 0.350. The van der Waals surface area contributed by atoms with Gasteiger partial charge in [0.25, 0.3) is 5.91 Å². The molecule has 0 unspecified atom stereocenters. The van der Waals surface area contributed by atoms with Gasteiger partial charge in [0.1, 0.15) is 5.75 Å². The second-order valence-corrected chi connectivity index (χ2v) is 6.31. The van der Waals surface area contributed by atoms with Crippen LogP contribution in [0.15, 0.2) is 54.6 Å². The summed E-state index contributed by atoms with van der Waals surface area (Å²) in [6.07, 6.45) is -4.75. The lowest BCUT2D eigenvalue weighted by Gasteiger charge is -2.10. The minimum Gasteiger partial charge on any atom is -0.406 e. The van der Waals surface area contributed by atoms with Crippen LogP contribution in [0.25, 0.3) is 0 Å². The smallest absolute Gasteiger partial charge is 0.406 e. The molecule has 0 saturated carbocycles. The van der Waals surface area contributed by atoms with Gasteiger partial charge in [0, 0.05) is 16.9 Å². The van der Waals surface area contributed by atoms with Crippen molar-refractivity contribution in [3.8, 4) is 5.75 Å². The van der Waals surface area contributed by atoms with E-state index >= 15 is 0 Å². The van der Waals surface area contributed by atoms with Crippen molar-refractivity contribution in [3.05, 3.63) is 77.1 Å². The third kappa shape index (κ3) is 5.12. The number of hydrogen-bond donors (Lipinski definition) is 1. The molecule has 0 bridgehead atoms. The zero-order valence-corrected chi connectivity index (χ0v) is 15.2. The Kier molecular flexibility index (Phi) is 5.39. The zero-order valence-electron chi connectivity index (χ0n) is 15.2. The zero-order chi connectivity index (χ0) is 20.3. The number of hydrogen-bond acceptors (Lipinski definition) is 3. The van der Waals surface area contributed by atoms with E-state index in [0.717, 1.165) is 29.1 Å². The summed E-state index contributed by atoms with van der Waals surface area (Å²) in [5, 5.41) is 7.06. The number of amides is 1. The SMILES string of the molecule is Cc1cc(C)n(Cc2cccc(C(=O)Nc3ccc(OC(F)(F)F)cc3)c2)n1. The molecular formula is C20H18F3N3O2. The Morgan fingerprint density at radius 3 is 2.43 bits per heavy atom. The van der Waals surface area contributed by atoms with Gasteiger partial charge in [0.2, 0.25) is 0 Å². The number of aromatic nitrogens is 2. The molecule has 2 aromatic carbocycles. The average Bonchev–Trinajstić information content (AvgIpc) is 2.93. The second-order valence-electron chi connectivity index (χ2n) is 6.31. The average molecular weight is 389 g/mol. The molecule has 1 aromatic heterocycles. The van der Waals surface area contributed by atoms with Gasteiger partial charge in [-0.2, -0.15) is 5.10 Å². The summed E-state index contributed by atoms with van der Waals surface area (Å²) in [5.41, 5.74) is 3.66. The highest BCUT2D eigenvalue weighted by molar-refractivity contribution is 6.04. The highest BCUT2D eigenvalue weighted by Gasteiger charge is 2.30. The summed E-state index contributed by atoms with van der Waals surface area (Å²) >= 11 is 0. The number of carbonyl (C=O) groups excluding carboxylic acids is 1. The summed E-state index contributed by atoms with van der Waals surface area (Å²) in [4.78, 5) is 12.5. The molecule has 0 aliphatic rings. The van der Waals surface area contributed by atoms with Crippen LogP contribution < -0.4 is 10.1 Å². The number of nitrogens with one attached hydrogen (secondary N) is 1. The summed E-state index contributed by atoms with van der Waals surface area (Å²) < 4.78 is 42.2. The number of alkyl halides is 3. The van der Waals surface area contributed by atoms with E-state index in [1.807, 2.05) is 30.7 Å². The van der Waals surface area contributed by atoms with Crippen molar-refractivity contribution in [1.82, 2.24) is 9.78 Å². The first-order valence-electron chi connectivity index (χ1n) is 8.47. The van der Waals surface area contributed by atoms with Gasteiger partial charge in [-0.15, -0.1) is 13.2 Å². The summed E-state index contributed by atoms with van der Waals surface area (Å²) in [7, 11) is 0. The third-order valence-corrected chi connectivity index (χ3v) is 3.97. The fourth-order valence-electron chi connectivity index (χ4n) is 2.76. The van der Waals surface area contributed by atoms with Crippen LogP contribution in [0.4, 0.5) is 18.9 Å². The lowest BCUT2D eigenvalue weighted by atomic mass is 10.1. The Morgan fingerprint density at radius 1 is 1.11 bits per heavy atom. The first kappa shape index (κ1) is 19.5. The number of rotatable bonds is 5. The van der Waals surface area contributed by atoms with E-state index in [1.165, 1.54) is 12.1 Å². The van der Waals surface area contributed by atoms with Crippen molar-refractivity contribution < 1.29 is 22.7 Å². The second kappa shape index (κ2) is 7.75. The summed E-state index contributed by atoms with van der Waals surface area (Å²) in [5.74, 6) is -0.711. The maximum absolute atomic E-state index is 12.5. The van der Waals surface area contributed by atoms with Crippen molar-refractivity contribution in [2.75, 3.05) is 5.32 Å². The predicted molar refractivity (Wildman–Crippen MR) is 98.3 cm³/mol. The molecule has 146 valence electrons. The highest BCUT2D eigenvalue weighted by Crippen LogP contribution is 2.24. The van der Waals surface area contributed by atoms with E-state index in [9.17, 15) is 18.0 Å². The molecule has 1 amide bonds. The van der Waals surface area contributed by atoms with Crippen molar-refractivity contribution >= 4 is 11.6 Å². The van der Waals surface area contributed by atoms with Gasteiger partial charge in [0.15, 0.2) is 0 Å². The standard InChI is InChI=1S/C20H18F3N3O2/c1-13-10-14(2)26(25-13)12-15-4-3-5-16(11-15)19(27)24-17-6-8-18(9-7-17)28-20(21,22)23/h3-11H,12H2,1-2H3,(H,24,27). The summed E-state index contributed by atoms with van der Waals surface area (Å²) in [6, 6.07) is 14.0. The van der Waals surface area contributed by atoms with Crippen LogP contribution in [0.3, 0.4) is 0 Å². The van der Waals surface area contributed by atoms with Gasteiger partial charge in [0.05, 0.1) is 12.2 Å². The van der Waals surface area contributed by atoms with Crippen LogP contribution in [0.5, 0.6) is 5.75 Å². The molecule has 3 aromatic rings. The number of nitrogens with zero attached hydrogens (tertiary/aromatic N) is 2. The molecule has 5 nitrogen and oxygen atoms in total. The minimum atomic E-state index is -4.75. The third-order valence-electron chi connectivity index (χ3n) is 3.97. The molecule has 0 spiro atoms. The molecule has 28 heavy (non-hydrogen) atoms. The maximum Gasteiger partial charge on any atom is 0.573 e. The van der Waals surface area contributed by atoms with E-state index in [4.69, 9.17) is 0 Å². The monoisotopic (exact) mass is 389 g/mol. The molecule has 1 heterocycles. The van der Waals surface area contributed by atoms with E-state index in [-0.39, 0.29) is 11.7 Å². The van der Waals surface area contributed by atoms with Gasteiger partial charge >= 0.3 is 6.36 Å². The number of anilines is 1. The lowest BCUT2D eigenvalue weighted by Crippen LogP contribution is -2.17. The Balaban J connectivity index is 1.68. The fraction of sp³-hybridized carbons (Fsp3) is 0.200. The maximum atomic E-state index is 12.5. The number of carbonyl (C=O) groups is 1. The van der Waals surface area contributed by atoms with Crippen LogP contribution in [-0.2, 0) is 6.54 Å². The Morgan fingerprint density at radius 2 is 1.82 bits per heavy atom.